The minimum absolute atomic E-state index is 0.657. The fourth-order valence-corrected chi connectivity index (χ4v) is 3.49. The summed E-state index contributed by atoms with van der Waals surface area (Å²) in [7, 11) is 0. The van der Waals surface area contributed by atoms with Crippen LogP contribution in [0.25, 0.3) is 10.8 Å². The molecule has 0 aliphatic rings. The van der Waals surface area contributed by atoms with Crippen LogP contribution in [0.1, 0.15) is 11.1 Å². The predicted molar refractivity (Wildman–Crippen MR) is 115 cm³/mol. The van der Waals surface area contributed by atoms with Crippen molar-refractivity contribution in [3.05, 3.63) is 108 Å². The molecule has 0 unspecified atom stereocenters. The third-order valence-electron chi connectivity index (χ3n) is 4.88. The second-order valence-electron chi connectivity index (χ2n) is 6.75. The highest BCUT2D eigenvalue weighted by Gasteiger charge is 2.09. The molecule has 4 rings (SSSR count). The van der Waals surface area contributed by atoms with Gasteiger partial charge in [-0.1, -0.05) is 72.8 Å². The predicted octanol–water partition coefficient (Wildman–Crippen LogP) is 6.08. The molecule has 28 heavy (non-hydrogen) atoms. The van der Waals surface area contributed by atoms with E-state index in [2.05, 4.69) is 36.4 Å². The molecule has 0 aliphatic carbocycles. The van der Waals surface area contributed by atoms with E-state index < -0.39 is 0 Å². The van der Waals surface area contributed by atoms with Crippen LogP contribution in [0.3, 0.4) is 0 Å². The van der Waals surface area contributed by atoms with Crippen molar-refractivity contribution in [1.29, 1.82) is 0 Å². The molecule has 0 bridgehead atoms. The van der Waals surface area contributed by atoms with E-state index in [9.17, 15) is 0 Å². The van der Waals surface area contributed by atoms with Crippen LogP contribution in [0.2, 0.25) is 0 Å². The third kappa shape index (κ3) is 4.52. The lowest BCUT2D eigenvalue weighted by Gasteiger charge is -2.15. The van der Waals surface area contributed by atoms with Crippen molar-refractivity contribution in [3.63, 3.8) is 0 Å². The zero-order valence-electron chi connectivity index (χ0n) is 15.9. The van der Waals surface area contributed by atoms with Gasteiger partial charge in [0.05, 0.1) is 13.2 Å². The molecule has 0 N–H and O–H groups in total. The number of rotatable bonds is 8. The Bertz CT molecular complexity index is 1010. The minimum atomic E-state index is 0.657. The van der Waals surface area contributed by atoms with Gasteiger partial charge < -0.3 is 9.47 Å². The van der Waals surface area contributed by atoms with Crippen molar-refractivity contribution in [2.45, 2.75) is 12.8 Å². The third-order valence-corrected chi connectivity index (χ3v) is 4.88. The van der Waals surface area contributed by atoms with Gasteiger partial charge in [0.15, 0.2) is 0 Å². The molecule has 0 spiro atoms. The maximum atomic E-state index is 5.96. The number of para-hydroxylation sites is 2. The zero-order valence-corrected chi connectivity index (χ0v) is 15.9. The van der Waals surface area contributed by atoms with Gasteiger partial charge in [-0.3, -0.25) is 0 Å². The molecule has 0 saturated heterocycles. The Balaban J connectivity index is 1.49. The fraction of sp³-hybridized carbons (Fsp3) is 0.154. The summed E-state index contributed by atoms with van der Waals surface area (Å²) in [5, 5.41) is 2.57. The van der Waals surface area contributed by atoms with Gasteiger partial charge in [0.25, 0.3) is 0 Å². The summed E-state index contributed by atoms with van der Waals surface area (Å²) in [4.78, 5) is 0. The number of hydrogen-bond donors (Lipinski definition) is 0. The lowest BCUT2D eigenvalue weighted by molar-refractivity contribution is 0.316. The summed E-state index contributed by atoms with van der Waals surface area (Å²) in [6.07, 6.45) is 1.75. The molecule has 0 aromatic heterocycles. The Morgan fingerprint density at radius 1 is 0.500 bits per heavy atom. The molecule has 0 heterocycles. The average molecular weight is 368 g/mol. The first-order valence-electron chi connectivity index (χ1n) is 9.75. The Kier molecular flexibility index (Phi) is 5.89. The van der Waals surface area contributed by atoms with Gasteiger partial charge in [0, 0.05) is 12.8 Å². The van der Waals surface area contributed by atoms with Crippen molar-refractivity contribution in [2.24, 2.45) is 0 Å². The second-order valence-corrected chi connectivity index (χ2v) is 6.75. The summed E-state index contributed by atoms with van der Waals surface area (Å²) in [5.74, 6) is 1.83. The van der Waals surface area contributed by atoms with Crippen LogP contribution >= 0.6 is 0 Å². The molecule has 2 heteroatoms. The highest BCUT2D eigenvalue weighted by atomic mass is 16.5. The Morgan fingerprint density at radius 2 is 1.07 bits per heavy atom. The van der Waals surface area contributed by atoms with Gasteiger partial charge in [-0.05, 0) is 46.2 Å². The van der Waals surface area contributed by atoms with Crippen molar-refractivity contribution >= 4 is 10.8 Å². The van der Waals surface area contributed by atoms with E-state index in [-0.39, 0.29) is 0 Å². The quantitative estimate of drug-likeness (QED) is 0.375. The van der Waals surface area contributed by atoms with Crippen LogP contribution in [-0.4, -0.2) is 13.2 Å². The molecule has 4 aromatic carbocycles. The molecule has 0 amide bonds. The highest BCUT2D eigenvalue weighted by molar-refractivity contribution is 5.86. The molecule has 0 radical (unpaired) electrons. The summed E-state index contributed by atoms with van der Waals surface area (Å²) >= 11 is 0. The van der Waals surface area contributed by atoms with E-state index in [0.29, 0.717) is 13.2 Å². The first-order valence-corrected chi connectivity index (χ1v) is 9.75. The zero-order chi connectivity index (χ0) is 19.0. The normalized spacial score (nSPS) is 10.7. The van der Waals surface area contributed by atoms with Crippen LogP contribution < -0.4 is 9.47 Å². The maximum absolute atomic E-state index is 5.96. The largest absolute Gasteiger partial charge is 0.493 e. The smallest absolute Gasteiger partial charge is 0.119 e. The lowest BCUT2D eigenvalue weighted by atomic mass is 9.95. The summed E-state index contributed by atoms with van der Waals surface area (Å²) in [6.45, 7) is 1.32. The van der Waals surface area contributed by atoms with Crippen molar-refractivity contribution in [1.82, 2.24) is 0 Å². The van der Waals surface area contributed by atoms with Crippen LogP contribution in [0.15, 0.2) is 97.1 Å². The van der Waals surface area contributed by atoms with Crippen molar-refractivity contribution < 1.29 is 9.47 Å². The van der Waals surface area contributed by atoms with E-state index in [1.165, 1.54) is 21.9 Å². The minimum Gasteiger partial charge on any atom is -0.493 e. The van der Waals surface area contributed by atoms with Gasteiger partial charge in [0.1, 0.15) is 11.5 Å². The van der Waals surface area contributed by atoms with E-state index >= 15 is 0 Å². The van der Waals surface area contributed by atoms with E-state index in [0.717, 1.165) is 24.3 Å². The van der Waals surface area contributed by atoms with Crippen molar-refractivity contribution in [3.8, 4) is 11.5 Å². The molecular weight excluding hydrogens is 344 g/mol. The van der Waals surface area contributed by atoms with Gasteiger partial charge >= 0.3 is 0 Å². The number of fused-ring (bicyclic) bond motifs is 1. The topological polar surface area (TPSA) is 18.5 Å². The highest BCUT2D eigenvalue weighted by Crippen LogP contribution is 2.24. The SMILES string of the molecule is c1ccc(OCCc2ccc3ccccc3c2CCOc2ccccc2)cc1. The molecule has 0 aliphatic heterocycles. The summed E-state index contributed by atoms with van der Waals surface area (Å²) < 4.78 is 11.9. The van der Waals surface area contributed by atoms with Gasteiger partial charge in [-0.2, -0.15) is 0 Å². The molecule has 2 nitrogen and oxygen atoms in total. The first kappa shape index (κ1) is 18.1. The fourth-order valence-electron chi connectivity index (χ4n) is 3.49. The molecule has 0 atom stereocenters. The van der Waals surface area contributed by atoms with E-state index in [1.807, 2.05) is 60.7 Å². The van der Waals surface area contributed by atoms with Crippen molar-refractivity contribution in [2.75, 3.05) is 13.2 Å². The van der Waals surface area contributed by atoms with Gasteiger partial charge in [-0.25, -0.2) is 0 Å². The average Bonchev–Trinajstić information content (AvgIpc) is 2.76. The Hall–Kier alpha value is -3.26. The lowest BCUT2D eigenvalue weighted by Crippen LogP contribution is -2.08. The molecular formula is C26H24O2. The van der Waals surface area contributed by atoms with Crippen LogP contribution in [0.5, 0.6) is 11.5 Å². The monoisotopic (exact) mass is 368 g/mol. The van der Waals surface area contributed by atoms with Gasteiger partial charge in [-0.15, -0.1) is 0 Å². The Labute approximate surface area is 166 Å². The number of ether oxygens (including phenoxy) is 2. The Morgan fingerprint density at radius 3 is 1.75 bits per heavy atom. The standard InChI is InChI=1S/C26H24O2/c1-3-10-23(11-4-1)27-19-17-22-16-15-21-9-7-8-14-25(21)26(22)18-20-28-24-12-5-2-6-13-24/h1-16H,17-20H2. The number of hydrogen-bond acceptors (Lipinski definition) is 2. The van der Waals surface area contributed by atoms with E-state index in [4.69, 9.17) is 9.47 Å². The first-order chi connectivity index (χ1) is 13.9. The van der Waals surface area contributed by atoms with E-state index in [1.54, 1.807) is 0 Å². The molecule has 4 aromatic rings. The number of benzene rings is 4. The van der Waals surface area contributed by atoms with Gasteiger partial charge in [0.2, 0.25) is 0 Å². The second kappa shape index (κ2) is 9.09. The maximum Gasteiger partial charge on any atom is 0.119 e. The summed E-state index contributed by atoms with van der Waals surface area (Å²) in [5.41, 5.74) is 2.68. The van der Waals surface area contributed by atoms with Crippen LogP contribution in [0.4, 0.5) is 0 Å². The van der Waals surface area contributed by atoms with Crippen LogP contribution in [0, 0.1) is 0 Å². The van der Waals surface area contributed by atoms with Crippen LogP contribution in [-0.2, 0) is 12.8 Å². The summed E-state index contributed by atoms with van der Waals surface area (Å²) in [6, 6.07) is 33.0. The molecule has 0 fully saturated rings. The molecule has 0 saturated carbocycles. The molecule has 140 valence electrons.